The maximum atomic E-state index is 14.5. The van der Waals surface area contributed by atoms with E-state index in [4.69, 9.17) is 35.8 Å². The van der Waals surface area contributed by atoms with Crippen LogP contribution in [-0.2, 0) is 32.6 Å². The summed E-state index contributed by atoms with van der Waals surface area (Å²) in [6.45, 7) is 13.0. The topological polar surface area (TPSA) is 233 Å². The van der Waals surface area contributed by atoms with Gasteiger partial charge in [0.15, 0.2) is 11.3 Å². The summed E-state index contributed by atoms with van der Waals surface area (Å²) in [5, 5.41) is 9.94. The average Bonchev–Trinajstić information content (AvgIpc) is 4.06. The van der Waals surface area contributed by atoms with Crippen molar-refractivity contribution < 1.29 is 54.2 Å². The van der Waals surface area contributed by atoms with Gasteiger partial charge in [-0.25, -0.2) is 47.7 Å². The lowest BCUT2D eigenvalue weighted by atomic mass is 10.00. The van der Waals surface area contributed by atoms with Crippen molar-refractivity contribution in [2.75, 3.05) is 0 Å². The molecule has 4 unspecified atom stereocenters. The van der Waals surface area contributed by atoms with Gasteiger partial charge in [-0.2, -0.15) is 27.0 Å². The first-order chi connectivity index (χ1) is 33.9. The van der Waals surface area contributed by atoms with Crippen molar-refractivity contribution in [2.24, 2.45) is 0 Å². The summed E-state index contributed by atoms with van der Waals surface area (Å²) in [5.74, 6) is 0.116. The normalized spacial score (nSPS) is 21.0. The molecule has 0 saturated carbocycles. The van der Waals surface area contributed by atoms with E-state index in [1.165, 1.54) is 34.2 Å². The SMILES string of the molecule is Cc1ccc(-n2ncc3c(OC4CC5CCC(C4)N5C(=O)OC(C)(C)C)ncnc32)c(F)c1.Cc1ccc(-n2ncc3c(OC4CC5CCC(C4)N5C(=O)OC(C)C)ncnc32)c(F)c1.O=S=O.O=S=O. The molecule has 0 spiro atoms. The van der Waals surface area contributed by atoms with Gasteiger partial charge in [0.25, 0.3) is 0 Å². The summed E-state index contributed by atoms with van der Waals surface area (Å²) < 4.78 is 88.8. The third-order valence-corrected chi connectivity index (χ3v) is 12.4. The summed E-state index contributed by atoms with van der Waals surface area (Å²) in [6, 6.07) is 10.4. The van der Waals surface area contributed by atoms with Gasteiger partial charge in [0.2, 0.25) is 11.8 Å². The molecule has 0 aliphatic carbocycles. The largest absolute Gasteiger partial charge is 0.474 e. The lowest BCUT2D eigenvalue weighted by Crippen LogP contribution is -2.50. The van der Waals surface area contributed by atoms with E-state index in [2.05, 4.69) is 30.1 Å². The van der Waals surface area contributed by atoms with Gasteiger partial charge < -0.3 is 28.7 Å². The van der Waals surface area contributed by atoms with E-state index in [1.54, 1.807) is 24.5 Å². The number of carbonyl (C=O) groups excluding carboxylic acids is 2. The minimum atomic E-state index is -0.750. The monoisotopic (exact) mass is 1020 g/mol. The predicted octanol–water partition coefficient (Wildman–Crippen LogP) is 7.41. The van der Waals surface area contributed by atoms with Gasteiger partial charge in [0, 0.05) is 49.9 Å². The molecule has 4 atom stereocenters. The summed E-state index contributed by atoms with van der Waals surface area (Å²) in [4.78, 5) is 46.3. The first-order valence-electron chi connectivity index (χ1n) is 23.0. The van der Waals surface area contributed by atoms with Crippen LogP contribution in [0.15, 0.2) is 61.4 Å². The van der Waals surface area contributed by atoms with Crippen LogP contribution in [0.3, 0.4) is 0 Å². The molecule has 0 radical (unpaired) electrons. The van der Waals surface area contributed by atoms with E-state index in [0.717, 1.165) is 49.7 Å². The number of piperidine rings is 2. The lowest BCUT2D eigenvalue weighted by molar-refractivity contribution is -0.00746. The first kappa shape index (κ1) is 52.0. The van der Waals surface area contributed by atoms with Crippen molar-refractivity contribution in [3.05, 3.63) is 84.2 Å². The standard InChI is InChI=1S/C24H28FN5O3.C23H26FN5O3.2O2S/c1-14-5-8-20(19(25)9-14)30-21-18(12-28-30)22(27-13-26-21)32-17-10-15-6-7-16(11-17)29(15)23(31)33-24(2,3)4;1-13(2)31-23(30)28-15-5-6-16(28)10-17(9-15)32-22-18-11-27-29(21(18)25-12-26-22)20-7-4-14(3)8-19(20)24;2*1-3-2/h5,8-9,12-13,15-17H,6-7,10-11H2,1-4H3;4,7-8,11-13,15-17H,5-6,9-10H2,1-3H3;;. The fourth-order valence-electron chi connectivity index (χ4n) is 9.69. The molecule has 10 rings (SSSR count). The Kier molecular flexibility index (Phi) is 16.5. The number of benzene rings is 2. The van der Waals surface area contributed by atoms with Gasteiger partial charge >= 0.3 is 35.3 Å². The van der Waals surface area contributed by atoms with Crippen LogP contribution < -0.4 is 9.47 Å². The number of ether oxygens (including phenoxy) is 4. The van der Waals surface area contributed by atoms with Crippen LogP contribution in [0.1, 0.15) is 97.1 Å². The highest BCUT2D eigenvalue weighted by Crippen LogP contribution is 2.40. The minimum absolute atomic E-state index is 0.0758. The number of carbonyl (C=O) groups is 2. The van der Waals surface area contributed by atoms with E-state index < -0.39 is 28.7 Å². The number of fused-ring (bicyclic) bond motifs is 6. The Morgan fingerprint density at radius 2 is 1.01 bits per heavy atom. The number of amides is 2. The molecule has 4 aromatic heterocycles. The second kappa shape index (κ2) is 22.5. The van der Waals surface area contributed by atoms with Crippen molar-refractivity contribution >= 4 is 57.4 Å². The highest BCUT2D eigenvalue weighted by molar-refractivity contribution is 7.51. The fourth-order valence-corrected chi connectivity index (χ4v) is 9.69. The zero-order chi connectivity index (χ0) is 51.1. The van der Waals surface area contributed by atoms with Gasteiger partial charge in [-0.1, -0.05) is 12.1 Å². The summed E-state index contributed by atoms with van der Waals surface area (Å²) >= 11 is -1.50. The molecular weight excluding hydrogens is 967 g/mol. The molecule has 2 amide bonds. The molecule has 2 aromatic carbocycles. The molecule has 20 nitrogen and oxygen atoms in total. The van der Waals surface area contributed by atoms with Crippen molar-refractivity contribution in [2.45, 2.75) is 148 Å². The Labute approximate surface area is 414 Å². The Morgan fingerprint density at radius 3 is 1.37 bits per heavy atom. The van der Waals surface area contributed by atoms with E-state index in [0.29, 0.717) is 58.0 Å². The summed E-state index contributed by atoms with van der Waals surface area (Å²) in [6.07, 6.45) is 11.9. The van der Waals surface area contributed by atoms with Crippen LogP contribution in [0.4, 0.5) is 18.4 Å². The van der Waals surface area contributed by atoms with E-state index in [9.17, 15) is 18.4 Å². The van der Waals surface area contributed by atoms with Crippen molar-refractivity contribution in [3.8, 4) is 23.1 Å². The molecule has 4 aliphatic heterocycles. The highest BCUT2D eigenvalue weighted by Gasteiger charge is 2.47. The Hall–Kier alpha value is -6.82. The van der Waals surface area contributed by atoms with Crippen LogP contribution >= 0.6 is 0 Å². The van der Waals surface area contributed by atoms with Gasteiger partial charge in [-0.3, -0.25) is 0 Å². The predicted molar refractivity (Wildman–Crippen MR) is 253 cm³/mol. The molecule has 6 aromatic rings. The molecule has 378 valence electrons. The molecule has 4 fully saturated rings. The van der Waals surface area contributed by atoms with Crippen molar-refractivity contribution in [1.29, 1.82) is 0 Å². The Morgan fingerprint density at radius 1 is 0.634 bits per heavy atom. The molecule has 4 saturated heterocycles. The van der Waals surface area contributed by atoms with Gasteiger partial charge in [-0.05, 0) is 110 Å². The summed E-state index contributed by atoms with van der Waals surface area (Å²) in [7, 11) is 0. The number of aromatic nitrogens is 8. The van der Waals surface area contributed by atoms with E-state index in [-0.39, 0.29) is 66.3 Å². The number of aryl methyl sites for hydroxylation is 2. The lowest BCUT2D eigenvalue weighted by Gasteiger charge is -2.39. The highest BCUT2D eigenvalue weighted by atomic mass is 32.1. The molecule has 24 heteroatoms. The maximum absolute atomic E-state index is 14.5. The summed E-state index contributed by atoms with van der Waals surface area (Å²) in [5.41, 5.74) is 2.76. The molecule has 0 N–H and O–H groups in total. The van der Waals surface area contributed by atoms with Crippen molar-refractivity contribution in [3.63, 3.8) is 0 Å². The third-order valence-electron chi connectivity index (χ3n) is 12.4. The molecule has 4 aliphatic rings. The molecule has 71 heavy (non-hydrogen) atoms. The Bertz CT molecular complexity index is 2920. The fraction of sp³-hybridized carbons (Fsp3) is 0.489. The van der Waals surface area contributed by atoms with Crippen molar-refractivity contribution in [1.82, 2.24) is 49.3 Å². The average molecular weight is 1020 g/mol. The number of hydrogen-bond donors (Lipinski definition) is 0. The van der Waals surface area contributed by atoms with Crippen LogP contribution in [0, 0.1) is 25.5 Å². The minimum Gasteiger partial charge on any atom is -0.474 e. The quantitative estimate of drug-likeness (QED) is 0.151. The molecule has 8 heterocycles. The smallest absolute Gasteiger partial charge is 0.410 e. The van der Waals surface area contributed by atoms with Crippen LogP contribution in [0.5, 0.6) is 11.8 Å². The van der Waals surface area contributed by atoms with Crippen LogP contribution in [0.25, 0.3) is 33.4 Å². The van der Waals surface area contributed by atoms with Crippen LogP contribution in [0.2, 0.25) is 0 Å². The number of hydrogen-bond acceptors (Lipinski definition) is 16. The zero-order valence-corrected chi connectivity index (χ0v) is 41.7. The van der Waals surface area contributed by atoms with Gasteiger partial charge in [0.05, 0.1) is 18.5 Å². The first-order valence-corrected chi connectivity index (χ1v) is 24.3. The molecular formula is C47H54F2N10O10S2. The molecule has 4 bridgehead atoms. The number of nitrogens with zero attached hydrogens (tertiary/aromatic N) is 10. The van der Waals surface area contributed by atoms with E-state index in [1.807, 2.05) is 70.4 Å². The second-order valence-corrected chi connectivity index (χ2v) is 19.2. The Balaban J connectivity index is 0.000000188. The van der Waals surface area contributed by atoms with E-state index >= 15 is 0 Å². The van der Waals surface area contributed by atoms with Crippen LogP contribution in [-0.4, -0.2) is 126 Å². The van der Waals surface area contributed by atoms with Gasteiger partial charge in [-0.15, -0.1) is 0 Å². The van der Waals surface area contributed by atoms with Gasteiger partial charge in [0.1, 0.15) is 64.2 Å². The number of halogens is 2. The maximum Gasteiger partial charge on any atom is 0.410 e. The zero-order valence-electron chi connectivity index (χ0n) is 40.1. The second-order valence-electron chi connectivity index (χ2n) is 18.9. The third kappa shape index (κ3) is 12.0. The number of rotatable bonds is 7.